The molecule has 0 aliphatic carbocycles. The van der Waals surface area contributed by atoms with Gasteiger partial charge in [0.1, 0.15) is 11.8 Å². The van der Waals surface area contributed by atoms with Gasteiger partial charge in [0.25, 0.3) is 5.91 Å². The molecule has 38 heavy (non-hydrogen) atoms. The van der Waals surface area contributed by atoms with Crippen molar-refractivity contribution in [3.63, 3.8) is 0 Å². The van der Waals surface area contributed by atoms with E-state index in [1.54, 1.807) is 16.9 Å². The number of rotatable bonds is 10. The fourth-order valence-electron chi connectivity index (χ4n) is 5.03. The fraction of sp³-hybridized carbons (Fsp3) is 0.387. The Morgan fingerprint density at radius 1 is 1.03 bits per heavy atom. The molecule has 1 heterocycles. The van der Waals surface area contributed by atoms with Gasteiger partial charge in [0.2, 0.25) is 11.8 Å². The van der Waals surface area contributed by atoms with Crippen molar-refractivity contribution in [1.29, 1.82) is 0 Å². The van der Waals surface area contributed by atoms with Crippen LogP contribution < -0.4 is 15.0 Å². The minimum absolute atomic E-state index is 0.0321. The van der Waals surface area contributed by atoms with Crippen molar-refractivity contribution in [3.05, 3.63) is 71.8 Å². The molecule has 7 heteroatoms. The average Bonchev–Trinajstić information content (AvgIpc) is 3.16. The maximum absolute atomic E-state index is 13.6. The lowest BCUT2D eigenvalue weighted by Gasteiger charge is -2.33. The van der Waals surface area contributed by atoms with Crippen molar-refractivity contribution < 1.29 is 19.1 Å². The van der Waals surface area contributed by atoms with E-state index in [1.807, 2.05) is 88.4 Å². The molecule has 7 nitrogen and oxygen atoms in total. The molecular formula is C31H37N3O4. The number of nitrogens with zero attached hydrogens (tertiary/aromatic N) is 2. The lowest BCUT2D eigenvalue weighted by atomic mass is 10.0. The van der Waals surface area contributed by atoms with Crippen LogP contribution in [0.2, 0.25) is 0 Å². The zero-order valence-electron chi connectivity index (χ0n) is 22.9. The molecule has 0 unspecified atom stereocenters. The smallest absolute Gasteiger partial charge is 0.258 e. The van der Waals surface area contributed by atoms with Gasteiger partial charge in [-0.2, -0.15) is 0 Å². The molecule has 0 aromatic heterocycles. The van der Waals surface area contributed by atoms with E-state index in [-0.39, 0.29) is 24.1 Å². The molecule has 0 radical (unpaired) electrons. The Kier molecular flexibility index (Phi) is 8.05. The molecule has 3 aromatic carbocycles. The van der Waals surface area contributed by atoms with Gasteiger partial charge in [0.15, 0.2) is 0 Å². The van der Waals surface area contributed by atoms with Crippen molar-refractivity contribution in [1.82, 2.24) is 10.2 Å². The van der Waals surface area contributed by atoms with Gasteiger partial charge >= 0.3 is 0 Å². The summed E-state index contributed by atoms with van der Waals surface area (Å²) < 4.78 is 5.26. The molecule has 0 spiro atoms. The Labute approximate surface area is 224 Å². The summed E-state index contributed by atoms with van der Waals surface area (Å²) in [6, 6.07) is 18.6. The van der Waals surface area contributed by atoms with Crippen LogP contribution in [0, 0.1) is 0 Å². The summed E-state index contributed by atoms with van der Waals surface area (Å²) in [4.78, 5) is 43.4. The molecule has 0 bridgehead atoms. The van der Waals surface area contributed by atoms with Gasteiger partial charge < -0.3 is 19.9 Å². The monoisotopic (exact) mass is 515 g/mol. The molecule has 1 aliphatic heterocycles. The predicted octanol–water partition coefficient (Wildman–Crippen LogP) is 5.31. The lowest BCUT2D eigenvalue weighted by molar-refractivity contribution is -0.142. The third-order valence-corrected chi connectivity index (χ3v) is 6.82. The van der Waals surface area contributed by atoms with Crippen LogP contribution in [0.3, 0.4) is 0 Å². The number of carbonyl (C=O) groups excluding carboxylic acids is 3. The Bertz CT molecular complexity index is 1320. The van der Waals surface area contributed by atoms with Crippen molar-refractivity contribution in [2.24, 2.45) is 0 Å². The van der Waals surface area contributed by atoms with Gasteiger partial charge in [-0.3, -0.25) is 14.4 Å². The third-order valence-electron chi connectivity index (χ3n) is 6.82. The summed E-state index contributed by atoms with van der Waals surface area (Å²) in [6.07, 6.45) is 1.21. The van der Waals surface area contributed by atoms with E-state index in [1.165, 1.54) is 0 Å². The molecule has 1 atom stereocenters. The lowest BCUT2D eigenvalue weighted by Crippen LogP contribution is -2.53. The average molecular weight is 516 g/mol. The van der Waals surface area contributed by atoms with Crippen LogP contribution in [0.25, 0.3) is 10.8 Å². The molecule has 3 aromatic rings. The Hall–Kier alpha value is -3.87. The highest BCUT2D eigenvalue weighted by Crippen LogP contribution is 2.37. The second kappa shape index (κ2) is 11.3. The van der Waals surface area contributed by atoms with E-state index in [2.05, 4.69) is 5.32 Å². The van der Waals surface area contributed by atoms with Crippen molar-refractivity contribution in [3.8, 4) is 5.75 Å². The molecule has 1 N–H and O–H groups in total. The maximum atomic E-state index is 13.6. The van der Waals surface area contributed by atoms with Crippen molar-refractivity contribution in [2.75, 3.05) is 18.6 Å². The number of carbonyl (C=O) groups is 3. The van der Waals surface area contributed by atoms with Crippen LogP contribution in [0.5, 0.6) is 5.75 Å². The summed E-state index contributed by atoms with van der Waals surface area (Å²) in [5.74, 6) is 0.420. The first-order valence-corrected chi connectivity index (χ1v) is 13.2. The standard InChI is InChI=1S/C31H37N3O4/c1-6-25(29(36)32-31(2,3)4)34(20-21-15-17-23(38-5)18-16-21)27(35)14-9-19-33-26-13-8-11-22-10-7-12-24(28(22)26)30(33)37/h7-8,10-13,15-18,25H,6,9,14,19-20H2,1-5H3,(H,32,36)/t25-/m0/s1. The normalized spacial score (nSPS) is 13.5. The quantitative estimate of drug-likeness (QED) is 0.397. The van der Waals surface area contributed by atoms with Gasteiger partial charge in [-0.1, -0.05) is 43.3 Å². The van der Waals surface area contributed by atoms with Crippen LogP contribution in [-0.4, -0.2) is 47.9 Å². The number of hydrogen-bond acceptors (Lipinski definition) is 4. The Morgan fingerprint density at radius 3 is 2.34 bits per heavy atom. The largest absolute Gasteiger partial charge is 0.497 e. The van der Waals surface area contributed by atoms with Gasteiger partial charge in [-0.25, -0.2) is 0 Å². The fourth-order valence-corrected chi connectivity index (χ4v) is 5.03. The molecular weight excluding hydrogens is 478 g/mol. The van der Waals surface area contributed by atoms with E-state index in [9.17, 15) is 14.4 Å². The number of benzene rings is 3. The van der Waals surface area contributed by atoms with E-state index in [4.69, 9.17) is 4.74 Å². The molecule has 0 saturated carbocycles. The minimum atomic E-state index is -0.602. The number of anilines is 1. The van der Waals surface area contributed by atoms with Crippen LogP contribution in [0.4, 0.5) is 5.69 Å². The van der Waals surface area contributed by atoms with Crippen LogP contribution in [-0.2, 0) is 16.1 Å². The van der Waals surface area contributed by atoms with E-state index >= 15 is 0 Å². The SMILES string of the molecule is CC[C@@H](C(=O)NC(C)(C)C)N(Cc1ccc(OC)cc1)C(=O)CCCN1C(=O)c2cccc3cccc1c23. The molecule has 1 aliphatic rings. The first kappa shape index (κ1) is 27.2. The molecule has 0 fully saturated rings. The number of hydrogen-bond donors (Lipinski definition) is 1. The van der Waals surface area contributed by atoms with E-state index < -0.39 is 11.6 Å². The predicted molar refractivity (Wildman–Crippen MR) is 150 cm³/mol. The van der Waals surface area contributed by atoms with Crippen molar-refractivity contribution >= 4 is 34.2 Å². The zero-order valence-corrected chi connectivity index (χ0v) is 22.9. The Morgan fingerprint density at radius 2 is 1.71 bits per heavy atom. The van der Waals surface area contributed by atoms with Gasteiger partial charge in [0.05, 0.1) is 12.8 Å². The van der Waals surface area contributed by atoms with E-state index in [0.29, 0.717) is 31.5 Å². The topological polar surface area (TPSA) is 79.0 Å². The highest BCUT2D eigenvalue weighted by Gasteiger charge is 2.32. The first-order chi connectivity index (χ1) is 18.1. The summed E-state index contributed by atoms with van der Waals surface area (Å²) in [5.41, 5.74) is 2.10. The number of nitrogens with one attached hydrogen (secondary N) is 1. The maximum Gasteiger partial charge on any atom is 0.258 e. The first-order valence-electron chi connectivity index (χ1n) is 13.2. The summed E-state index contributed by atoms with van der Waals surface area (Å²) in [7, 11) is 1.61. The third kappa shape index (κ3) is 5.82. The van der Waals surface area contributed by atoms with Gasteiger partial charge in [0, 0.05) is 36.0 Å². The Balaban J connectivity index is 1.50. The second-order valence-corrected chi connectivity index (χ2v) is 10.8. The number of amides is 3. The van der Waals surface area contributed by atoms with Gasteiger partial charge in [-0.15, -0.1) is 0 Å². The van der Waals surface area contributed by atoms with Crippen LogP contribution in [0.1, 0.15) is 62.9 Å². The molecule has 0 saturated heterocycles. The summed E-state index contributed by atoms with van der Waals surface area (Å²) in [5, 5.41) is 5.04. The van der Waals surface area contributed by atoms with Crippen LogP contribution >= 0.6 is 0 Å². The zero-order chi connectivity index (χ0) is 27.4. The van der Waals surface area contributed by atoms with Gasteiger partial charge in [-0.05, 0) is 68.8 Å². The molecule has 200 valence electrons. The van der Waals surface area contributed by atoms with Crippen LogP contribution in [0.15, 0.2) is 60.7 Å². The van der Waals surface area contributed by atoms with Crippen molar-refractivity contribution in [2.45, 2.75) is 65.1 Å². The second-order valence-electron chi connectivity index (χ2n) is 10.8. The molecule has 3 amide bonds. The van der Waals surface area contributed by atoms with E-state index in [0.717, 1.165) is 27.8 Å². The highest BCUT2D eigenvalue weighted by atomic mass is 16.5. The summed E-state index contributed by atoms with van der Waals surface area (Å²) >= 11 is 0. The summed E-state index contributed by atoms with van der Waals surface area (Å²) in [6.45, 7) is 8.45. The minimum Gasteiger partial charge on any atom is -0.497 e. The number of ether oxygens (including phenoxy) is 1. The highest BCUT2D eigenvalue weighted by molar-refractivity contribution is 6.25. The number of methoxy groups -OCH3 is 1. The molecule has 4 rings (SSSR count).